The molecule has 0 saturated carbocycles. The Morgan fingerprint density at radius 1 is 0.861 bits per heavy atom. The summed E-state index contributed by atoms with van der Waals surface area (Å²) in [4.78, 5) is 49.8. The van der Waals surface area contributed by atoms with Gasteiger partial charge < -0.3 is 4.74 Å². The van der Waals surface area contributed by atoms with Crippen LogP contribution in [0.2, 0.25) is 0 Å². The number of aromatic nitrogens is 2. The third-order valence-electron chi connectivity index (χ3n) is 5.44. The van der Waals surface area contributed by atoms with E-state index in [0.29, 0.717) is 28.5 Å². The second kappa shape index (κ2) is 11.1. The number of hydrogen-bond acceptors (Lipinski definition) is 6. The minimum Gasteiger partial charge on any atom is -0.484 e. The highest BCUT2D eigenvalue weighted by Gasteiger charge is 2.17. The van der Waals surface area contributed by atoms with Crippen molar-refractivity contribution in [1.29, 1.82) is 0 Å². The molecule has 9 nitrogen and oxygen atoms in total. The largest absolute Gasteiger partial charge is 0.484 e. The molecule has 1 aromatic heterocycles. The number of carbonyl (C=O) groups excluding carboxylic acids is 3. The second-order valence-electron chi connectivity index (χ2n) is 7.93. The molecular weight excluding hydrogens is 460 g/mol. The Kier molecular flexibility index (Phi) is 7.50. The highest BCUT2D eigenvalue weighted by atomic mass is 16.5. The summed E-state index contributed by atoms with van der Waals surface area (Å²) in [5, 5.41) is 4.99. The molecule has 36 heavy (non-hydrogen) atoms. The maximum absolute atomic E-state index is 12.9. The summed E-state index contributed by atoms with van der Waals surface area (Å²) in [5.41, 5.74) is 5.71. The molecule has 182 valence electrons. The van der Waals surface area contributed by atoms with Gasteiger partial charge in [-0.1, -0.05) is 55.5 Å². The van der Waals surface area contributed by atoms with Gasteiger partial charge in [0.25, 0.3) is 17.4 Å². The van der Waals surface area contributed by atoms with Crippen LogP contribution in [0.1, 0.15) is 39.8 Å². The van der Waals surface area contributed by atoms with Gasteiger partial charge in [-0.2, -0.15) is 5.10 Å². The summed E-state index contributed by atoms with van der Waals surface area (Å²) in [7, 11) is 0. The number of rotatable bonds is 8. The minimum atomic E-state index is -0.677. The van der Waals surface area contributed by atoms with Crippen molar-refractivity contribution >= 4 is 28.4 Å². The van der Waals surface area contributed by atoms with Gasteiger partial charge in [0.15, 0.2) is 18.1 Å². The number of benzene rings is 3. The molecule has 0 atom stereocenters. The van der Waals surface area contributed by atoms with Crippen molar-refractivity contribution in [3.05, 3.63) is 106 Å². The molecule has 2 amide bonds. The van der Waals surface area contributed by atoms with E-state index in [1.165, 1.54) is 4.68 Å². The molecule has 0 bridgehead atoms. The summed E-state index contributed by atoms with van der Waals surface area (Å²) < 4.78 is 6.64. The van der Waals surface area contributed by atoms with Gasteiger partial charge in [-0.3, -0.25) is 30.0 Å². The van der Waals surface area contributed by atoms with E-state index in [1.807, 2.05) is 30.3 Å². The quantitative estimate of drug-likeness (QED) is 0.293. The summed E-state index contributed by atoms with van der Waals surface area (Å²) in [6, 6.07) is 22.4. The zero-order valence-corrected chi connectivity index (χ0v) is 19.6. The molecule has 3 aromatic carbocycles. The van der Waals surface area contributed by atoms with Crippen LogP contribution in [0.25, 0.3) is 10.8 Å². The molecule has 0 aliphatic rings. The van der Waals surface area contributed by atoms with E-state index in [0.717, 1.165) is 5.56 Å². The van der Waals surface area contributed by atoms with E-state index in [4.69, 9.17) is 4.74 Å². The molecule has 0 saturated heterocycles. The van der Waals surface area contributed by atoms with Crippen LogP contribution in [0.3, 0.4) is 0 Å². The van der Waals surface area contributed by atoms with Crippen LogP contribution in [0, 0.1) is 0 Å². The first-order valence-corrected chi connectivity index (χ1v) is 11.3. The van der Waals surface area contributed by atoms with Crippen molar-refractivity contribution in [2.75, 3.05) is 6.61 Å². The molecule has 4 rings (SSSR count). The van der Waals surface area contributed by atoms with Gasteiger partial charge in [-0.05, 0) is 35.9 Å². The van der Waals surface area contributed by atoms with Crippen molar-refractivity contribution in [3.8, 4) is 5.75 Å². The molecule has 1 heterocycles. The average molecular weight is 485 g/mol. The highest BCUT2D eigenvalue weighted by molar-refractivity contribution is 6.05. The third-order valence-corrected chi connectivity index (χ3v) is 5.44. The number of ketones is 1. The first-order valence-electron chi connectivity index (χ1n) is 11.3. The average Bonchev–Trinajstić information content (AvgIpc) is 2.92. The number of hydrogen-bond donors (Lipinski definition) is 2. The van der Waals surface area contributed by atoms with Gasteiger partial charge in [-0.25, -0.2) is 4.68 Å². The van der Waals surface area contributed by atoms with Crippen molar-refractivity contribution < 1.29 is 19.1 Å². The second-order valence-corrected chi connectivity index (χ2v) is 7.93. The zero-order valence-electron chi connectivity index (χ0n) is 19.6. The van der Waals surface area contributed by atoms with Crippen LogP contribution in [-0.4, -0.2) is 34.0 Å². The zero-order chi connectivity index (χ0) is 25.5. The van der Waals surface area contributed by atoms with Crippen LogP contribution >= 0.6 is 0 Å². The Balaban J connectivity index is 1.44. The van der Waals surface area contributed by atoms with Crippen molar-refractivity contribution in [2.45, 2.75) is 19.9 Å². The lowest BCUT2D eigenvalue weighted by Crippen LogP contribution is -2.44. The lowest BCUT2D eigenvalue weighted by atomic mass is 10.1. The molecule has 2 N–H and O–H groups in total. The molecular formula is C27H24N4O5. The fourth-order valence-electron chi connectivity index (χ4n) is 3.58. The van der Waals surface area contributed by atoms with Crippen LogP contribution < -0.4 is 21.1 Å². The van der Waals surface area contributed by atoms with E-state index in [-0.39, 0.29) is 30.2 Å². The molecule has 0 aliphatic carbocycles. The van der Waals surface area contributed by atoms with Gasteiger partial charge in [0.05, 0.1) is 11.9 Å². The number of nitrogens with one attached hydrogen (secondary N) is 2. The number of nitrogens with zero attached hydrogens (tertiary/aromatic N) is 2. The molecule has 0 spiro atoms. The number of fused-ring (bicyclic) bond motifs is 1. The number of ether oxygens (including phenoxy) is 1. The fourth-order valence-corrected chi connectivity index (χ4v) is 3.58. The Hall–Kier alpha value is -4.79. The monoisotopic (exact) mass is 484 g/mol. The van der Waals surface area contributed by atoms with E-state index in [9.17, 15) is 19.2 Å². The van der Waals surface area contributed by atoms with Gasteiger partial charge in [0, 0.05) is 17.4 Å². The van der Waals surface area contributed by atoms with Gasteiger partial charge in [0.1, 0.15) is 5.75 Å². The van der Waals surface area contributed by atoms with Crippen molar-refractivity contribution in [1.82, 2.24) is 20.6 Å². The number of hydrazine groups is 1. The molecule has 4 aromatic rings. The van der Waals surface area contributed by atoms with E-state index < -0.39 is 11.8 Å². The lowest BCUT2D eigenvalue weighted by Gasteiger charge is -2.12. The highest BCUT2D eigenvalue weighted by Crippen LogP contribution is 2.15. The number of amides is 2. The Labute approximate surface area is 206 Å². The minimum absolute atomic E-state index is 0.00136. The van der Waals surface area contributed by atoms with Crippen LogP contribution in [0.4, 0.5) is 0 Å². The maximum Gasteiger partial charge on any atom is 0.290 e. The molecule has 0 fully saturated rings. The number of Topliss-reactive ketones (excluding diaryl/α,β-unsaturated/α-hetero) is 1. The van der Waals surface area contributed by atoms with E-state index in [1.54, 1.807) is 55.5 Å². The first-order chi connectivity index (χ1) is 17.5. The predicted octanol–water partition coefficient (Wildman–Crippen LogP) is 2.88. The third kappa shape index (κ3) is 5.64. The summed E-state index contributed by atoms with van der Waals surface area (Å²) in [6.45, 7) is 1.61. The van der Waals surface area contributed by atoms with Crippen molar-refractivity contribution in [3.63, 3.8) is 0 Å². The Bertz CT molecular complexity index is 1460. The standard InChI is InChI=1S/C27H24N4O5/c1-2-23(32)19-12-14-20(15-13-19)36-17-24(33)28-29-26(34)25-21-10-6-7-11-22(21)27(35)31(30-25)16-18-8-4-3-5-9-18/h3-15H,2,16-17H2,1H3,(H,28,33)(H,29,34). The summed E-state index contributed by atoms with van der Waals surface area (Å²) in [5.74, 6) is -0.856. The summed E-state index contributed by atoms with van der Waals surface area (Å²) >= 11 is 0. The van der Waals surface area contributed by atoms with Gasteiger partial charge in [-0.15, -0.1) is 0 Å². The normalized spacial score (nSPS) is 10.6. The van der Waals surface area contributed by atoms with Crippen LogP contribution in [-0.2, 0) is 11.3 Å². The predicted molar refractivity (Wildman–Crippen MR) is 134 cm³/mol. The van der Waals surface area contributed by atoms with Crippen molar-refractivity contribution in [2.24, 2.45) is 0 Å². The maximum atomic E-state index is 12.9. The smallest absolute Gasteiger partial charge is 0.290 e. The fraction of sp³-hybridized carbons (Fsp3) is 0.148. The first kappa shape index (κ1) is 24.3. The lowest BCUT2D eigenvalue weighted by molar-refractivity contribution is -0.123. The van der Waals surface area contributed by atoms with E-state index >= 15 is 0 Å². The number of carbonyl (C=O) groups is 3. The van der Waals surface area contributed by atoms with E-state index in [2.05, 4.69) is 16.0 Å². The van der Waals surface area contributed by atoms with Crippen LogP contribution in [0.15, 0.2) is 83.7 Å². The Morgan fingerprint density at radius 2 is 1.53 bits per heavy atom. The SMILES string of the molecule is CCC(=O)c1ccc(OCC(=O)NNC(=O)c2nn(Cc3ccccc3)c(=O)c3ccccc23)cc1. The Morgan fingerprint density at radius 3 is 2.22 bits per heavy atom. The molecule has 9 heteroatoms. The van der Waals surface area contributed by atoms with Gasteiger partial charge in [0.2, 0.25) is 0 Å². The topological polar surface area (TPSA) is 119 Å². The molecule has 0 radical (unpaired) electrons. The molecule has 0 aliphatic heterocycles. The van der Waals surface area contributed by atoms with Gasteiger partial charge >= 0.3 is 0 Å². The molecule has 0 unspecified atom stereocenters. The van der Waals surface area contributed by atoms with Crippen LogP contribution in [0.5, 0.6) is 5.75 Å². The summed E-state index contributed by atoms with van der Waals surface area (Å²) in [6.07, 6.45) is 0.399.